The van der Waals surface area contributed by atoms with Crippen molar-refractivity contribution < 1.29 is 4.74 Å². The van der Waals surface area contributed by atoms with E-state index in [2.05, 4.69) is 55.5 Å². The van der Waals surface area contributed by atoms with Gasteiger partial charge in [-0.1, -0.05) is 41.3 Å². The van der Waals surface area contributed by atoms with Gasteiger partial charge in [0.1, 0.15) is 11.6 Å². The highest BCUT2D eigenvalue weighted by Gasteiger charge is 2.20. The van der Waals surface area contributed by atoms with Gasteiger partial charge < -0.3 is 15.8 Å². The average molecular weight is 439 g/mol. The molecule has 0 unspecified atom stereocenters. The largest absolute Gasteiger partial charge is 0.492 e. The normalized spacial score (nSPS) is 16.8. The SMILES string of the molecule is Nc1nc(NC2CCCCC2)c2cc(-c3cc(Br)cc4c3OCC4)ccc2n1. The highest BCUT2D eigenvalue weighted by Crippen LogP contribution is 2.40. The maximum absolute atomic E-state index is 5.98. The predicted octanol–water partition coefficient (Wildman–Crippen LogP) is 5.32. The molecule has 0 saturated heterocycles. The van der Waals surface area contributed by atoms with Crippen LogP contribution in [0.1, 0.15) is 37.7 Å². The zero-order chi connectivity index (χ0) is 19.1. The molecular weight excluding hydrogens is 416 g/mol. The Morgan fingerprint density at radius 3 is 2.79 bits per heavy atom. The molecule has 3 N–H and O–H groups in total. The highest BCUT2D eigenvalue weighted by atomic mass is 79.9. The number of nitrogen functional groups attached to an aromatic ring is 1. The van der Waals surface area contributed by atoms with Crippen molar-refractivity contribution in [1.29, 1.82) is 0 Å². The van der Waals surface area contributed by atoms with Gasteiger partial charge in [-0.05, 0) is 48.2 Å². The number of hydrogen-bond donors (Lipinski definition) is 2. The number of rotatable bonds is 3. The molecule has 1 saturated carbocycles. The summed E-state index contributed by atoms with van der Waals surface area (Å²) in [5.74, 6) is 2.13. The molecule has 3 aromatic rings. The Morgan fingerprint density at radius 1 is 1.07 bits per heavy atom. The summed E-state index contributed by atoms with van der Waals surface area (Å²) in [5.41, 5.74) is 10.3. The number of fused-ring (bicyclic) bond motifs is 2. The molecule has 1 aromatic heterocycles. The van der Waals surface area contributed by atoms with E-state index in [-0.39, 0.29) is 0 Å². The van der Waals surface area contributed by atoms with Gasteiger partial charge in [-0.15, -0.1) is 0 Å². The number of anilines is 2. The second-order valence-electron chi connectivity index (χ2n) is 7.68. The van der Waals surface area contributed by atoms with Crippen molar-refractivity contribution in [2.75, 3.05) is 17.7 Å². The van der Waals surface area contributed by atoms with E-state index in [0.717, 1.165) is 51.1 Å². The van der Waals surface area contributed by atoms with Crippen LogP contribution in [0.2, 0.25) is 0 Å². The number of benzene rings is 2. The molecule has 0 radical (unpaired) electrons. The lowest BCUT2D eigenvalue weighted by Crippen LogP contribution is -2.23. The molecule has 1 fully saturated rings. The number of halogens is 1. The van der Waals surface area contributed by atoms with E-state index >= 15 is 0 Å². The van der Waals surface area contributed by atoms with Gasteiger partial charge >= 0.3 is 0 Å². The highest BCUT2D eigenvalue weighted by molar-refractivity contribution is 9.10. The van der Waals surface area contributed by atoms with Gasteiger partial charge in [-0.2, -0.15) is 4.98 Å². The first-order chi connectivity index (χ1) is 13.7. The minimum atomic E-state index is 0.310. The summed E-state index contributed by atoms with van der Waals surface area (Å²) in [6.45, 7) is 0.737. The van der Waals surface area contributed by atoms with Crippen LogP contribution < -0.4 is 15.8 Å². The Balaban J connectivity index is 1.61. The van der Waals surface area contributed by atoms with Gasteiger partial charge in [-0.25, -0.2) is 4.98 Å². The zero-order valence-corrected chi connectivity index (χ0v) is 17.3. The third-order valence-electron chi connectivity index (χ3n) is 5.72. The van der Waals surface area contributed by atoms with E-state index in [0.29, 0.717) is 12.0 Å². The molecular formula is C22H23BrN4O. The first-order valence-electron chi connectivity index (χ1n) is 9.97. The van der Waals surface area contributed by atoms with Crippen molar-refractivity contribution in [2.45, 2.75) is 44.6 Å². The topological polar surface area (TPSA) is 73.1 Å². The fourth-order valence-electron chi connectivity index (χ4n) is 4.35. The third kappa shape index (κ3) is 3.30. The molecule has 5 nitrogen and oxygen atoms in total. The van der Waals surface area contributed by atoms with Crippen LogP contribution in [0.5, 0.6) is 5.75 Å². The molecule has 1 aliphatic carbocycles. The van der Waals surface area contributed by atoms with Crippen LogP contribution in [-0.2, 0) is 6.42 Å². The molecule has 0 amide bonds. The van der Waals surface area contributed by atoms with Gasteiger partial charge in [0, 0.05) is 27.9 Å². The van der Waals surface area contributed by atoms with Crippen LogP contribution in [-0.4, -0.2) is 22.6 Å². The van der Waals surface area contributed by atoms with E-state index in [1.165, 1.54) is 37.7 Å². The Bertz CT molecular complexity index is 1050. The van der Waals surface area contributed by atoms with Crippen molar-refractivity contribution in [2.24, 2.45) is 0 Å². The van der Waals surface area contributed by atoms with Crippen LogP contribution in [0.15, 0.2) is 34.8 Å². The summed E-state index contributed by atoms with van der Waals surface area (Å²) in [4.78, 5) is 8.98. The molecule has 28 heavy (non-hydrogen) atoms. The van der Waals surface area contributed by atoms with E-state index in [9.17, 15) is 0 Å². The summed E-state index contributed by atoms with van der Waals surface area (Å²) < 4.78 is 7.00. The van der Waals surface area contributed by atoms with Crippen LogP contribution in [0.4, 0.5) is 11.8 Å². The maximum atomic E-state index is 5.98. The lowest BCUT2D eigenvalue weighted by molar-refractivity contribution is 0.358. The van der Waals surface area contributed by atoms with E-state index < -0.39 is 0 Å². The molecule has 6 heteroatoms. The van der Waals surface area contributed by atoms with Gasteiger partial charge in [0.2, 0.25) is 5.95 Å². The summed E-state index contributed by atoms with van der Waals surface area (Å²) in [7, 11) is 0. The van der Waals surface area contributed by atoms with Crippen molar-refractivity contribution in [3.8, 4) is 16.9 Å². The Kier molecular flexibility index (Phi) is 4.59. The van der Waals surface area contributed by atoms with Crippen LogP contribution in [0.25, 0.3) is 22.0 Å². The predicted molar refractivity (Wildman–Crippen MR) is 117 cm³/mol. The Hall–Kier alpha value is -2.34. The minimum absolute atomic E-state index is 0.310. The molecule has 0 bridgehead atoms. The van der Waals surface area contributed by atoms with Crippen molar-refractivity contribution >= 4 is 38.6 Å². The van der Waals surface area contributed by atoms with Crippen LogP contribution >= 0.6 is 15.9 Å². The minimum Gasteiger partial charge on any atom is -0.492 e. The molecule has 0 spiro atoms. The first kappa shape index (κ1) is 17.7. The Labute approximate surface area is 172 Å². The summed E-state index contributed by atoms with van der Waals surface area (Å²) in [6, 6.07) is 11.0. The lowest BCUT2D eigenvalue weighted by Gasteiger charge is -2.24. The molecule has 2 heterocycles. The summed E-state index contributed by atoms with van der Waals surface area (Å²) in [6.07, 6.45) is 7.16. The zero-order valence-electron chi connectivity index (χ0n) is 15.7. The Morgan fingerprint density at radius 2 is 1.93 bits per heavy atom. The molecule has 0 atom stereocenters. The standard InChI is InChI=1S/C22H23BrN4O/c23-15-10-14-8-9-28-20(14)17(12-15)13-6-7-19-18(11-13)21(27-22(24)26-19)25-16-4-2-1-3-5-16/h6-7,10-12,16H,1-5,8-9H2,(H3,24,25,26,27). The number of hydrogen-bond acceptors (Lipinski definition) is 5. The number of nitrogens with one attached hydrogen (secondary N) is 1. The molecule has 1 aliphatic heterocycles. The number of nitrogens with two attached hydrogens (primary N) is 1. The summed E-state index contributed by atoms with van der Waals surface area (Å²) in [5, 5.41) is 4.64. The lowest BCUT2D eigenvalue weighted by atomic mass is 9.95. The molecule has 5 rings (SSSR count). The van der Waals surface area contributed by atoms with Gasteiger partial charge in [0.15, 0.2) is 0 Å². The molecule has 2 aromatic carbocycles. The van der Waals surface area contributed by atoms with E-state index in [1.54, 1.807) is 0 Å². The van der Waals surface area contributed by atoms with Gasteiger partial charge in [0.05, 0.1) is 12.1 Å². The number of ether oxygens (including phenoxy) is 1. The fourth-order valence-corrected chi connectivity index (χ4v) is 4.85. The number of nitrogens with zero attached hydrogens (tertiary/aromatic N) is 2. The van der Waals surface area contributed by atoms with Crippen LogP contribution in [0, 0.1) is 0 Å². The smallest absolute Gasteiger partial charge is 0.222 e. The second kappa shape index (κ2) is 7.24. The van der Waals surface area contributed by atoms with E-state index in [4.69, 9.17) is 10.5 Å². The van der Waals surface area contributed by atoms with Crippen molar-refractivity contribution in [1.82, 2.24) is 9.97 Å². The molecule has 2 aliphatic rings. The third-order valence-corrected chi connectivity index (χ3v) is 6.18. The van der Waals surface area contributed by atoms with Crippen molar-refractivity contribution in [3.05, 3.63) is 40.4 Å². The monoisotopic (exact) mass is 438 g/mol. The fraction of sp³-hybridized carbons (Fsp3) is 0.364. The maximum Gasteiger partial charge on any atom is 0.222 e. The number of aromatic nitrogens is 2. The van der Waals surface area contributed by atoms with Crippen molar-refractivity contribution in [3.63, 3.8) is 0 Å². The summed E-state index contributed by atoms with van der Waals surface area (Å²) >= 11 is 3.64. The van der Waals surface area contributed by atoms with Gasteiger partial charge in [0.25, 0.3) is 0 Å². The first-order valence-corrected chi connectivity index (χ1v) is 10.8. The van der Waals surface area contributed by atoms with E-state index in [1.807, 2.05) is 6.07 Å². The van der Waals surface area contributed by atoms with Crippen LogP contribution in [0.3, 0.4) is 0 Å². The molecule has 144 valence electrons. The van der Waals surface area contributed by atoms with Gasteiger partial charge in [-0.3, -0.25) is 0 Å². The average Bonchev–Trinajstić information content (AvgIpc) is 3.16. The second-order valence-corrected chi connectivity index (χ2v) is 8.60. The quantitative estimate of drug-likeness (QED) is 0.578.